The van der Waals surface area contributed by atoms with Gasteiger partial charge in [0.2, 0.25) is 0 Å². The van der Waals surface area contributed by atoms with Crippen molar-refractivity contribution in [2.75, 3.05) is 33.9 Å². The topological polar surface area (TPSA) is 59.0 Å². The van der Waals surface area contributed by atoms with Gasteiger partial charge < -0.3 is 19.5 Å². The second-order valence-corrected chi connectivity index (χ2v) is 5.29. The van der Waals surface area contributed by atoms with Crippen LogP contribution in [0, 0.1) is 0 Å². The van der Waals surface area contributed by atoms with Gasteiger partial charge in [-0.15, -0.1) is 0 Å². The molecule has 0 aromatic heterocycles. The Morgan fingerprint density at radius 3 is 2.62 bits per heavy atom. The standard InChI is InChI=1S/C15H22ClNO4/c1-4-20-13-10-11(5-6-14(18)19)9-12(16)15(13)21-8-7-17(2)3/h9-10H,4-8H2,1-3H3,(H,18,19). The summed E-state index contributed by atoms with van der Waals surface area (Å²) < 4.78 is 11.2. The Balaban J connectivity index is 2.87. The lowest BCUT2D eigenvalue weighted by molar-refractivity contribution is -0.136. The van der Waals surface area contributed by atoms with Crippen molar-refractivity contribution in [1.82, 2.24) is 4.90 Å². The molecule has 0 saturated carbocycles. The van der Waals surface area contributed by atoms with Gasteiger partial charge in [-0.2, -0.15) is 0 Å². The third-order valence-electron chi connectivity index (χ3n) is 2.78. The molecule has 1 aromatic rings. The number of carboxylic acids is 1. The maximum absolute atomic E-state index is 10.6. The molecule has 0 saturated heterocycles. The highest BCUT2D eigenvalue weighted by atomic mass is 35.5. The van der Waals surface area contributed by atoms with Gasteiger partial charge in [0.1, 0.15) is 6.61 Å². The van der Waals surface area contributed by atoms with Gasteiger partial charge in [0, 0.05) is 13.0 Å². The van der Waals surface area contributed by atoms with Crippen molar-refractivity contribution in [3.63, 3.8) is 0 Å². The first-order valence-corrected chi connectivity index (χ1v) is 7.26. The average Bonchev–Trinajstić information content (AvgIpc) is 2.39. The minimum atomic E-state index is -0.838. The zero-order valence-electron chi connectivity index (χ0n) is 12.7. The highest BCUT2D eigenvalue weighted by Gasteiger charge is 2.13. The van der Waals surface area contributed by atoms with Gasteiger partial charge in [-0.25, -0.2) is 0 Å². The van der Waals surface area contributed by atoms with E-state index in [1.807, 2.05) is 25.9 Å². The average molecular weight is 316 g/mol. The number of nitrogens with zero attached hydrogens (tertiary/aromatic N) is 1. The van der Waals surface area contributed by atoms with Gasteiger partial charge in [0.05, 0.1) is 11.6 Å². The van der Waals surface area contributed by atoms with Gasteiger partial charge in [0.15, 0.2) is 11.5 Å². The van der Waals surface area contributed by atoms with Crippen LogP contribution in [0.3, 0.4) is 0 Å². The minimum absolute atomic E-state index is 0.0583. The van der Waals surface area contributed by atoms with E-state index in [2.05, 4.69) is 0 Å². The van der Waals surface area contributed by atoms with E-state index < -0.39 is 5.97 Å². The quantitative estimate of drug-likeness (QED) is 0.759. The fourth-order valence-corrected chi connectivity index (χ4v) is 2.04. The van der Waals surface area contributed by atoms with Gasteiger partial charge in [0.25, 0.3) is 0 Å². The first-order valence-electron chi connectivity index (χ1n) is 6.88. The fraction of sp³-hybridized carbons (Fsp3) is 0.533. The van der Waals surface area contributed by atoms with E-state index in [1.54, 1.807) is 12.1 Å². The Morgan fingerprint density at radius 2 is 2.05 bits per heavy atom. The van der Waals surface area contributed by atoms with Gasteiger partial charge in [-0.1, -0.05) is 11.6 Å². The van der Waals surface area contributed by atoms with E-state index in [1.165, 1.54) is 0 Å². The molecular weight excluding hydrogens is 294 g/mol. The molecule has 0 heterocycles. The molecule has 0 fully saturated rings. The van der Waals surface area contributed by atoms with E-state index in [-0.39, 0.29) is 6.42 Å². The van der Waals surface area contributed by atoms with E-state index >= 15 is 0 Å². The van der Waals surface area contributed by atoms with Crippen LogP contribution in [-0.4, -0.2) is 49.8 Å². The fourth-order valence-electron chi connectivity index (χ4n) is 1.75. The Kier molecular flexibility index (Phi) is 7.32. The van der Waals surface area contributed by atoms with Gasteiger partial charge >= 0.3 is 5.97 Å². The summed E-state index contributed by atoms with van der Waals surface area (Å²) in [6.45, 7) is 3.63. The molecule has 0 atom stereocenters. The zero-order chi connectivity index (χ0) is 15.8. The van der Waals surface area contributed by atoms with Crippen molar-refractivity contribution in [3.8, 4) is 11.5 Å². The highest BCUT2D eigenvalue weighted by molar-refractivity contribution is 6.32. The molecule has 118 valence electrons. The van der Waals surface area contributed by atoms with Crippen molar-refractivity contribution >= 4 is 17.6 Å². The summed E-state index contributed by atoms with van der Waals surface area (Å²) in [5.74, 6) is 0.235. The van der Waals surface area contributed by atoms with Gasteiger partial charge in [-0.05, 0) is 45.1 Å². The molecule has 1 rings (SSSR count). The molecule has 0 aliphatic carbocycles. The summed E-state index contributed by atoms with van der Waals surface area (Å²) >= 11 is 6.23. The monoisotopic (exact) mass is 315 g/mol. The number of aliphatic carboxylic acids is 1. The summed E-state index contributed by atoms with van der Waals surface area (Å²) in [6, 6.07) is 3.53. The number of hydrogen-bond donors (Lipinski definition) is 1. The van der Waals surface area contributed by atoms with Crippen molar-refractivity contribution in [3.05, 3.63) is 22.7 Å². The predicted molar refractivity (Wildman–Crippen MR) is 82.6 cm³/mol. The van der Waals surface area contributed by atoms with E-state index in [4.69, 9.17) is 26.2 Å². The molecular formula is C15H22ClNO4. The van der Waals surface area contributed by atoms with E-state index in [9.17, 15) is 4.79 Å². The second kappa shape index (κ2) is 8.74. The summed E-state index contributed by atoms with van der Waals surface area (Å²) in [5.41, 5.74) is 0.825. The molecule has 0 radical (unpaired) electrons. The van der Waals surface area contributed by atoms with E-state index in [0.29, 0.717) is 36.2 Å². The number of halogens is 1. The van der Waals surface area contributed by atoms with Crippen LogP contribution in [-0.2, 0) is 11.2 Å². The molecule has 21 heavy (non-hydrogen) atoms. The van der Waals surface area contributed by atoms with Crippen molar-refractivity contribution in [2.24, 2.45) is 0 Å². The first kappa shape index (κ1) is 17.6. The molecule has 6 heteroatoms. The third kappa shape index (κ3) is 6.23. The Hall–Kier alpha value is -1.46. The normalized spacial score (nSPS) is 10.7. The van der Waals surface area contributed by atoms with Crippen molar-refractivity contribution in [1.29, 1.82) is 0 Å². The van der Waals surface area contributed by atoms with Crippen molar-refractivity contribution in [2.45, 2.75) is 19.8 Å². The number of ether oxygens (including phenoxy) is 2. The number of benzene rings is 1. The van der Waals surface area contributed by atoms with Crippen LogP contribution in [0.5, 0.6) is 11.5 Å². The lowest BCUT2D eigenvalue weighted by Crippen LogP contribution is -2.19. The van der Waals surface area contributed by atoms with Crippen LogP contribution in [0.4, 0.5) is 0 Å². The summed E-state index contributed by atoms with van der Waals surface area (Å²) in [4.78, 5) is 12.7. The Bertz CT molecular complexity index is 477. The smallest absolute Gasteiger partial charge is 0.303 e. The molecule has 0 bridgehead atoms. The second-order valence-electron chi connectivity index (χ2n) is 4.88. The largest absolute Gasteiger partial charge is 0.490 e. The van der Waals surface area contributed by atoms with Crippen LogP contribution in [0.15, 0.2) is 12.1 Å². The highest BCUT2D eigenvalue weighted by Crippen LogP contribution is 2.37. The van der Waals surface area contributed by atoms with Crippen molar-refractivity contribution < 1.29 is 19.4 Å². The minimum Gasteiger partial charge on any atom is -0.490 e. The lowest BCUT2D eigenvalue weighted by atomic mass is 10.1. The zero-order valence-corrected chi connectivity index (χ0v) is 13.4. The molecule has 1 aromatic carbocycles. The van der Waals surface area contributed by atoms with E-state index in [0.717, 1.165) is 12.1 Å². The lowest BCUT2D eigenvalue weighted by Gasteiger charge is -2.16. The van der Waals surface area contributed by atoms with Gasteiger partial charge in [-0.3, -0.25) is 4.79 Å². The number of carboxylic acid groups (broad SMARTS) is 1. The maximum Gasteiger partial charge on any atom is 0.303 e. The van der Waals surface area contributed by atoms with Crippen LogP contribution in [0.2, 0.25) is 5.02 Å². The Morgan fingerprint density at radius 1 is 1.33 bits per heavy atom. The molecule has 0 amide bonds. The van der Waals surface area contributed by atoms with Crippen LogP contribution >= 0.6 is 11.6 Å². The molecule has 0 aliphatic rings. The summed E-state index contributed by atoms with van der Waals surface area (Å²) in [6.07, 6.45) is 0.468. The number of aryl methyl sites for hydroxylation is 1. The first-order chi connectivity index (χ1) is 9.93. The van der Waals surface area contributed by atoms with Crippen LogP contribution in [0.25, 0.3) is 0 Å². The molecule has 0 unspecified atom stereocenters. The molecule has 0 aliphatic heterocycles. The van der Waals surface area contributed by atoms with Crippen LogP contribution < -0.4 is 9.47 Å². The predicted octanol–water partition coefficient (Wildman–Crippen LogP) is 2.70. The Labute approximate surface area is 130 Å². The molecule has 0 spiro atoms. The summed E-state index contributed by atoms with van der Waals surface area (Å²) in [7, 11) is 3.92. The third-order valence-corrected chi connectivity index (χ3v) is 3.06. The maximum atomic E-state index is 10.6. The number of likely N-dealkylation sites (N-methyl/N-ethyl adjacent to an activating group) is 1. The van der Waals surface area contributed by atoms with Crippen LogP contribution in [0.1, 0.15) is 18.9 Å². The molecule has 1 N–H and O–H groups in total. The number of carbonyl (C=O) groups is 1. The molecule has 5 nitrogen and oxygen atoms in total. The summed E-state index contributed by atoms with van der Waals surface area (Å²) in [5, 5.41) is 9.19. The SMILES string of the molecule is CCOc1cc(CCC(=O)O)cc(Cl)c1OCCN(C)C. The number of rotatable bonds is 9. The number of hydrogen-bond acceptors (Lipinski definition) is 4.